The monoisotopic (exact) mass is 406 g/mol. The molecule has 0 saturated carbocycles. The van der Waals surface area contributed by atoms with Crippen molar-refractivity contribution in [2.75, 3.05) is 33.7 Å². The largest absolute Gasteiger partial charge is 0.347 e. The fraction of sp³-hybridized carbons (Fsp3) is 0.474. The highest BCUT2D eigenvalue weighted by molar-refractivity contribution is 5.92. The van der Waals surface area contributed by atoms with E-state index in [9.17, 15) is 9.59 Å². The molecule has 1 aromatic heterocycles. The fourth-order valence-electron chi connectivity index (χ4n) is 3.12. The first-order valence-electron chi connectivity index (χ1n) is 9.20. The number of hydrogen-bond donors (Lipinski definition) is 1. The minimum atomic E-state index is -0.162. The van der Waals surface area contributed by atoms with Crippen molar-refractivity contribution in [3.05, 3.63) is 47.3 Å². The summed E-state index contributed by atoms with van der Waals surface area (Å²) in [6.45, 7) is 4.23. The second kappa shape index (κ2) is 9.66. The van der Waals surface area contributed by atoms with Crippen molar-refractivity contribution < 1.29 is 9.59 Å². The van der Waals surface area contributed by atoms with Crippen molar-refractivity contribution in [3.8, 4) is 0 Å². The van der Waals surface area contributed by atoms with Crippen molar-refractivity contribution in [1.82, 2.24) is 30.1 Å². The fourth-order valence-corrected chi connectivity index (χ4v) is 3.12. The number of aromatic nitrogens is 3. The lowest BCUT2D eigenvalue weighted by Crippen LogP contribution is -2.48. The molecule has 2 heterocycles. The van der Waals surface area contributed by atoms with Crippen molar-refractivity contribution >= 4 is 24.2 Å². The van der Waals surface area contributed by atoms with Crippen LogP contribution in [0.3, 0.4) is 0 Å². The predicted molar refractivity (Wildman–Crippen MR) is 108 cm³/mol. The number of nitrogens with zero attached hydrogens (tertiary/aromatic N) is 5. The first-order valence-corrected chi connectivity index (χ1v) is 9.20. The Kier molecular flexibility index (Phi) is 7.53. The van der Waals surface area contributed by atoms with E-state index < -0.39 is 0 Å². The minimum absolute atomic E-state index is 0. The smallest absolute Gasteiger partial charge is 0.276 e. The van der Waals surface area contributed by atoms with Crippen LogP contribution in [-0.2, 0) is 17.8 Å². The van der Waals surface area contributed by atoms with Crippen LogP contribution in [0.25, 0.3) is 0 Å². The third-order valence-corrected chi connectivity index (χ3v) is 4.83. The summed E-state index contributed by atoms with van der Waals surface area (Å²) >= 11 is 0. The Morgan fingerprint density at radius 1 is 1.25 bits per heavy atom. The van der Waals surface area contributed by atoms with Gasteiger partial charge in [-0.05, 0) is 17.5 Å². The number of nitrogens with one attached hydrogen (secondary N) is 1. The van der Waals surface area contributed by atoms with Gasteiger partial charge in [0, 0.05) is 33.7 Å². The van der Waals surface area contributed by atoms with Gasteiger partial charge >= 0.3 is 0 Å². The standard InChI is InChI=1S/C19H26N6O2.ClH/c1-4-14-5-7-15(8-6-14)17-11-20-9-10-25(17)19(27)16-12-24(22-21-16)13-18(26)23(2)3;/h5-8,12,17,20H,4,9-11,13H2,1-3H3;1H. The molecule has 1 aromatic carbocycles. The highest BCUT2D eigenvalue weighted by atomic mass is 35.5. The number of carbonyl (C=O) groups is 2. The Bertz CT molecular complexity index is 805. The van der Waals surface area contributed by atoms with Gasteiger partial charge in [-0.25, -0.2) is 4.68 Å². The molecule has 0 bridgehead atoms. The third-order valence-electron chi connectivity index (χ3n) is 4.83. The van der Waals surface area contributed by atoms with E-state index in [0.717, 1.165) is 18.5 Å². The van der Waals surface area contributed by atoms with Gasteiger partial charge in [-0.2, -0.15) is 0 Å². The first-order chi connectivity index (χ1) is 13.0. The van der Waals surface area contributed by atoms with Crippen molar-refractivity contribution in [2.24, 2.45) is 0 Å². The molecule has 9 heteroatoms. The van der Waals surface area contributed by atoms with Gasteiger partial charge in [0.05, 0.1) is 12.2 Å². The minimum Gasteiger partial charge on any atom is -0.347 e. The summed E-state index contributed by atoms with van der Waals surface area (Å²) in [5.41, 5.74) is 2.63. The van der Waals surface area contributed by atoms with Crippen LogP contribution < -0.4 is 5.32 Å². The zero-order valence-corrected chi connectivity index (χ0v) is 17.3. The molecule has 0 aliphatic carbocycles. The van der Waals surface area contributed by atoms with Crippen molar-refractivity contribution in [3.63, 3.8) is 0 Å². The lowest BCUT2D eigenvalue weighted by Gasteiger charge is -2.36. The Balaban J connectivity index is 0.00000280. The Morgan fingerprint density at radius 3 is 2.61 bits per heavy atom. The number of aryl methyl sites for hydroxylation is 1. The van der Waals surface area contributed by atoms with Crippen molar-refractivity contribution in [1.29, 1.82) is 0 Å². The number of rotatable bonds is 5. The number of benzene rings is 1. The molecule has 8 nitrogen and oxygen atoms in total. The zero-order valence-electron chi connectivity index (χ0n) is 16.5. The highest BCUT2D eigenvalue weighted by Gasteiger charge is 2.30. The predicted octanol–water partition coefficient (Wildman–Crippen LogP) is 1.14. The number of amides is 2. The Hall–Kier alpha value is -2.45. The van der Waals surface area contributed by atoms with Crippen LogP contribution in [-0.4, -0.2) is 70.3 Å². The molecular weight excluding hydrogens is 380 g/mol. The summed E-state index contributed by atoms with van der Waals surface area (Å²) in [5.74, 6) is -0.264. The van der Waals surface area contributed by atoms with Crippen LogP contribution in [0.1, 0.15) is 34.6 Å². The molecule has 1 fully saturated rings. The Labute approximate surface area is 171 Å². The molecule has 152 valence electrons. The SMILES string of the molecule is CCc1ccc(C2CNCCN2C(=O)c2cn(CC(=O)N(C)C)nn2)cc1.Cl. The van der Waals surface area contributed by atoms with Gasteiger partial charge in [0.2, 0.25) is 5.91 Å². The summed E-state index contributed by atoms with van der Waals surface area (Å²) in [5, 5.41) is 11.3. The summed E-state index contributed by atoms with van der Waals surface area (Å²) in [4.78, 5) is 28.2. The van der Waals surface area contributed by atoms with Crippen LogP contribution in [0.2, 0.25) is 0 Å². The second-order valence-electron chi connectivity index (χ2n) is 6.90. The van der Waals surface area contributed by atoms with Gasteiger partial charge in [-0.1, -0.05) is 36.4 Å². The van der Waals surface area contributed by atoms with Crippen LogP contribution in [0.5, 0.6) is 0 Å². The molecule has 1 unspecified atom stereocenters. The van der Waals surface area contributed by atoms with Crippen LogP contribution >= 0.6 is 12.4 Å². The van der Waals surface area contributed by atoms with E-state index >= 15 is 0 Å². The quantitative estimate of drug-likeness (QED) is 0.805. The van der Waals surface area contributed by atoms with Crippen LogP contribution in [0, 0.1) is 0 Å². The van der Waals surface area contributed by atoms with Crippen LogP contribution in [0.15, 0.2) is 30.5 Å². The normalized spacial score (nSPS) is 16.4. The molecule has 28 heavy (non-hydrogen) atoms. The molecule has 0 radical (unpaired) electrons. The number of likely N-dealkylation sites (N-methyl/N-ethyl adjacent to an activating group) is 1. The van der Waals surface area contributed by atoms with E-state index in [2.05, 4.69) is 46.8 Å². The van der Waals surface area contributed by atoms with E-state index in [-0.39, 0.29) is 42.5 Å². The van der Waals surface area contributed by atoms with Gasteiger partial charge < -0.3 is 15.1 Å². The lowest BCUT2D eigenvalue weighted by atomic mass is 10.0. The average molecular weight is 407 g/mol. The number of carbonyl (C=O) groups excluding carboxylic acids is 2. The first kappa shape index (κ1) is 21.8. The van der Waals surface area contributed by atoms with E-state index in [1.165, 1.54) is 15.1 Å². The maximum absolute atomic E-state index is 13.0. The Morgan fingerprint density at radius 2 is 1.96 bits per heavy atom. The van der Waals surface area contributed by atoms with Gasteiger partial charge in [-0.3, -0.25) is 9.59 Å². The molecular formula is C19H27ClN6O2. The average Bonchev–Trinajstić information content (AvgIpc) is 3.16. The van der Waals surface area contributed by atoms with Gasteiger partial charge in [0.25, 0.3) is 5.91 Å². The van der Waals surface area contributed by atoms with E-state index in [1.807, 2.05) is 4.90 Å². The van der Waals surface area contributed by atoms with Crippen molar-refractivity contribution in [2.45, 2.75) is 25.9 Å². The van der Waals surface area contributed by atoms with E-state index in [4.69, 9.17) is 0 Å². The van der Waals surface area contributed by atoms with E-state index in [0.29, 0.717) is 13.1 Å². The van der Waals surface area contributed by atoms with Gasteiger partial charge in [0.15, 0.2) is 5.69 Å². The van der Waals surface area contributed by atoms with E-state index in [1.54, 1.807) is 20.3 Å². The zero-order chi connectivity index (χ0) is 19.4. The topological polar surface area (TPSA) is 83.4 Å². The van der Waals surface area contributed by atoms with Gasteiger partial charge in [0.1, 0.15) is 6.54 Å². The highest BCUT2D eigenvalue weighted by Crippen LogP contribution is 2.24. The maximum atomic E-state index is 13.0. The number of piperazine rings is 1. The summed E-state index contributed by atoms with van der Waals surface area (Å²) in [6, 6.07) is 8.34. The van der Waals surface area contributed by atoms with Crippen LogP contribution in [0.4, 0.5) is 0 Å². The molecule has 3 rings (SSSR count). The number of hydrogen-bond acceptors (Lipinski definition) is 5. The molecule has 0 spiro atoms. The molecule has 2 aromatic rings. The lowest BCUT2D eigenvalue weighted by molar-refractivity contribution is -0.129. The molecule has 1 N–H and O–H groups in total. The molecule has 1 atom stereocenters. The van der Waals surface area contributed by atoms with Gasteiger partial charge in [-0.15, -0.1) is 17.5 Å². The summed E-state index contributed by atoms with van der Waals surface area (Å²) in [7, 11) is 3.36. The molecule has 1 aliphatic heterocycles. The maximum Gasteiger partial charge on any atom is 0.276 e. The second-order valence-corrected chi connectivity index (χ2v) is 6.90. The third kappa shape index (κ3) is 4.88. The summed E-state index contributed by atoms with van der Waals surface area (Å²) in [6.07, 6.45) is 2.53. The molecule has 1 saturated heterocycles. The summed E-state index contributed by atoms with van der Waals surface area (Å²) < 4.78 is 1.41. The number of halogens is 1. The molecule has 1 aliphatic rings. The molecule has 2 amide bonds.